The molecule has 1 amide bonds. The van der Waals surface area contributed by atoms with E-state index in [-0.39, 0.29) is 28.8 Å². The third kappa shape index (κ3) is 5.38. The predicted octanol–water partition coefficient (Wildman–Crippen LogP) is 3.70. The SMILES string of the molecule is N=Nc1ccccc1NOc1ncc(C(N)=O)c(Nc2ccc(N=CC=CN)c(F)c2)n1. The molecule has 0 radical (unpaired) electrons. The van der Waals surface area contributed by atoms with Gasteiger partial charge in [0.15, 0.2) is 11.6 Å². The highest BCUT2D eigenvalue weighted by molar-refractivity contribution is 5.98. The van der Waals surface area contributed by atoms with E-state index in [9.17, 15) is 9.18 Å². The van der Waals surface area contributed by atoms with Crippen LogP contribution in [0.15, 0.2) is 71.0 Å². The minimum Gasteiger partial charge on any atom is -0.405 e. The van der Waals surface area contributed by atoms with E-state index in [2.05, 4.69) is 30.9 Å². The van der Waals surface area contributed by atoms with Gasteiger partial charge < -0.3 is 21.6 Å². The number of hydrogen-bond acceptors (Lipinski definition) is 10. The monoisotopic (exact) mass is 435 g/mol. The second-order valence-corrected chi connectivity index (χ2v) is 6.07. The number of aromatic nitrogens is 2. The first-order chi connectivity index (χ1) is 15.5. The van der Waals surface area contributed by atoms with Gasteiger partial charge in [0.2, 0.25) is 0 Å². The summed E-state index contributed by atoms with van der Waals surface area (Å²) < 4.78 is 14.3. The van der Waals surface area contributed by atoms with E-state index in [0.29, 0.717) is 11.4 Å². The maximum absolute atomic E-state index is 14.3. The number of para-hydroxylation sites is 2. The highest BCUT2D eigenvalue weighted by Gasteiger charge is 2.14. The first kappa shape index (κ1) is 21.8. The summed E-state index contributed by atoms with van der Waals surface area (Å²) in [4.78, 5) is 29.0. The van der Waals surface area contributed by atoms with Crippen LogP contribution in [0, 0.1) is 11.3 Å². The quantitative estimate of drug-likeness (QED) is 0.193. The Kier molecular flexibility index (Phi) is 6.99. The van der Waals surface area contributed by atoms with Crippen LogP contribution < -0.4 is 27.1 Å². The molecule has 0 aliphatic carbocycles. The van der Waals surface area contributed by atoms with Crippen LogP contribution in [0.4, 0.5) is 33.0 Å². The molecule has 0 fully saturated rings. The van der Waals surface area contributed by atoms with Crippen molar-refractivity contribution in [3.8, 4) is 6.01 Å². The molecule has 1 heterocycles. The fraction of sp³-hybridized carbons (Fsp3) is 0. The molecule has 11 nitrogen and oxygen atoms in total. The van der Waals surface area contributed by atoms with Crippen LogP contribution in [0.25, 0.3) is 0 Å². The van der Waals surface area contributed by atoms with E-state index in [1.807, 2.05) is 0 Å². The average molecular weight is 435 g/mol. The molecule has 2 aromatic carbocycles. The van der Waals surface area contributed by atoms with Crippen LogP contribution in [0.1, 0.15) is 10.4 Å². The minimum absolute atomic E-state index is 0.00415. The third-order valence-electron chi connectivity index (χ3n) is 3.93. The van der Waals surface area contributed by atoms with Gasteiger partial charge >= 0.3 is 6.01 Å². The molecular weight excluding hydrogens is 417 g/mol. The summed E-state index contributed by atoms with van der Waals surface area (Å²) in [6, 6.07) is 10.7. The van der Waals surface area contributed by atoms with Gasteiger partial charge in [-0.05, 0) is 42.6 Å². The van der Waals surface area contributed by atoms with Gasteiger partial charge in [0.25, 0.3) is 5.91 Å². The Labute approximate surface area is 181 Å². The van der Waals surface area contributed by atoms with E-state index >= 15 is 0 Å². The van der Waals surface area contributed by atoms with Gasteiger partial charge in [-0.25, -0.2) is 20.4 Å². The van der Waals surface area contributed by atoms with Crippen LogP contribution in [-0.4, -0.2) is 22.1 Å². The van der Waals surface area contributed by atoms with Crippen molar-refractivity contribution in [1.29, 1.82) is 5.53 Å². The van der Waals surface area contributed by atoms with E-state index < -0.39 is 11.7 Å². The maximum atomic E-state index is 14.3. The van der Waals surface area contributed by atoms with Crippen LogP contribution in [-0.2, 0) is 0 Å². The molecule has 1 aromatic heterocycles. The molecule has 0 bridgehead atoms. The molecule has 0 saturated carbocycles. The molecule has 0 aliphatic rings. The molecule has 3 rings (SSSR count). The van der Waals surface area contributed by atoms with Crippen molar-refractivity contribution >= 4 is 40.7 Å². The number of aliphatic imine (C=N–C) groups is 1. The van der Waals surface area contributed by atoms with Crippen LogP contribution in [0.5, 0.6) is 6.01 Å². The van der Waals surface area contributed by atoms with E-state index in [4.69, 9.17) is 21.8 Å². The molecule has 7 N–H and O–H groups in total. The Bertz CT molecular complexity index is 1200. The Morgan fingerprint density at radius 2 is 2.03 bits per heavy atom. The third-order valence-corrected chi connectivity index (χ3v) is 3.93. The van der Waals surface area contributed by atoms with Gasteiger partial charge in [-0.3, -0.25) is 9.79 Å². The predicted molar refractivity (Wildman–Crippen MR) is 117 cm³/mol. The normalized spacial score (nSPS) is 10.9. The molecule has 0 saturated heterocycles. The number of halogens is 1. The second kappa shape index (κ2) is 10.2. The summed E-state index contributed by atoms with van der Waals surface area (Å²) >= 11 is 0. The number of primary amides is 1. The molecule has 3 aromatic rings. The van der Waals surface area contributed by atoms with Gasteiger partial charge in [0.05, 0.1) is 11.4 Å². The minimum atomic E-state index is -0.791. The van der Waals surface area contributed by atoms with Crippen molar-refractivity contribution < 1.29 is 14.0 Å². The average Bonchev–Trinajstić information content (AvgIpc) is 2.79. The van der Waals surface area contributed by atoms with Crippen LogP contribution in [0.3, 0.4) is 0 Å². The summed E-state index contributed by atoms with van der Waals surface area (Å²) in [5.41, 5.74) is 21.4. The highest BCUT2D eigenvalue weighted by Crippen LogP contribution is 2.27. The zero-order chi connectivity index (χ0) is 22.9. The molecule has 32 heavy (non-hydrogen) atoms. The molecular formula is C20H18FN9O2. The largest absolute Gasteiger partial charge is 0.405 e. The van der Waals surface area contributed by atoms with Crippen LogP contribution in [0.2, 0.25) is 0 Å². The van der Waals surface area contributed by atoms with Crippen LogP contribution >= 0.6 is 0 Å². The van der Waals surface area contributed by atoms with Crippen molar-refractivity contribution in [1.82, 2.24) is 9.97 Å². The zero-order valence-corrected chi connectivity index (χ0v) is 16.5. The van der Waals surface area contributed by atoms with E-state index in [1.54, 1.807) is 30.3 Å². The maximum Gasteiger partial charge on any atom is 0.344 e. The first-order valence-corrected chi connectivity index (χ1v) is 9.05. The summed E-state index contributed by atoms with van der Waals surface area (Å²) in [6.07, 6.45) is 5.25. The van der Waals surface area contributed by atoms with Gasteiger partial charge in [0, 0.05) is 18.1 Å². The lowest BCUT2D eigenvalue weighted by atomic mass is 10.2. The van der Waals surface area contributed by atoms with Crippen molar-refractivity contribution in [3.63, 3.8) is 0 Å². The summed E-state index contributed by atoms with van der Waals surface area (Å²) in [5.74, 6) is -1.40. The standard InChI is InChI=1S/C20H18FN9O2/c21-14-10-12(6-7-15(14)25-9-3-8-22)27-19-13(18(23)31)11-26-20(28-19)32-30-17-5-2-1-4-16(17)29-24/h1-11,24,30H,22H2,(H2,23,31)(H,26,27,28). The smallest absolute Gasteiger partial charge is 0.344 e. The number of allylic oxidation sites excluding steroid dienone is 1. The van der Waals surface area contributed by atoms with Crippen molar-refractivity contribution in [2.75, 3.05) is 10.8 Å². The van der Waals surface area contributed by atoms with E-state index in [0.717, 1.165) is 0 Å². The first-order valence-electron chi connectivity index (χ1n) is 9.05. The lowest BCUT2D eigenvalue weighted by Crippen LogP contribution is -2.16. The zero-order valence-electron chi connectivity index (χ0n) is 16.5. The van der Waals surface area contributed by atoms with Gasteiger partial charge in [-0.15, -0.1) is 0 Å². The topological polar surface area (TPSA) is 177 Å². The number of rotatable bonds is 9. The number of amides is 1. The van der Waals surface area contributed by atoms with Gasteiger partial charge in [-0.1, -0.05) is 12.1 Å². The summed E-state index contributed by atoms with van der Waals surface area (Å²) in [6.45, 7) is 0. The second-order valence-electron chi connectivity index (χ2n) is 6.07. The lowest BCUT2D eigenvalue weighted by molar-refractivity contribution is 0.100. The Balaban J connectivity index is 1.83. The summed E-state index contributed by atoms with van der Waals surface area (Å²) in [5, 5.41) is 6.19. The number of carbonyl (C=O) groups is 1. The van der Waals surface area contributed by atoms with Crippen molar-refractivity contribution in [2.45, 2.75) is 0 Å². The van der Waals surface area contributed by atoms with Gasteiger partial charge in [-0.2, -0.15) is 10.1 Å². The number of hydrogen-bond donors (Lipinski definition) is 5. The molecule has 0 aliphatic heterocycles. The Morgan fingerprint density at radius 3 is 2.75 bits per heavy atom. The number of carbonyl (C=O) groups excluding carboxylic acids is 1. The molecule has 12 heteroatoms. The number of nitrogens with two attached hydrogens (primary N) is 2. The van der Waals surface area contributed by atoms with Gasteiger partial charge in [0.1, 0.15) is 11.3 Å². The molecule has 162 valence electrons. The Morgan fingerprint density at radius 1 is 1.22 bits per heavy atom. The lowest BCUT2D eigenvalue weighted by Gasteiger charge is -2.12. The number of benzene rings is 2. The summed E-state index contributed by atoms with van der Waals surface area (Å²) in [7, 11) is 0. The molecule has 0 spiro atoms. The number of nitrogens with one attached hydrogen (secondary N) is 3. The number of nitrogens with zero attached hydrogens (tertiary/aromatic N) is 4. The van der Waals surface area contributed by atoms with Crippen molar-refractivity contribution in [2.24, 2.45) is 21.6 Å². The molecule has 0 unspecified atom stereocenters. The van der Waals surface area contributed by atoms with Crippen molar-refractivity contribution in [3.05, 3.63) is 72.3 Å². The Hall–Kier alpha value is -4.87. The fourth-order valence-electron chi connectivity index (χ4n) is 2.45. The highest BCUT2D eigenvalue weighted by atomic mass is 19.1. The fourth-order valence-corrected chi connectivity index (χ4v) is 2.45. The molecule has 0 atom stereocenters. The number of anilines is 3. The van der Waals surface area contributed by atoms with E-state index in [1.165, 1.54) is 36.8 Å².